The van der Waals surface area contributed by atoms with Crippen molar-refractivity contribution in [2.75, 3.05) is 0 Å². The zero-order valence-electron chi connectivity index (χ0n) is 16.0. The lowest BCUT2D eigenvalue weighted by Crippen LogP contribution is -2.18. The van der Waals surface area contributed by atoms with E-state index in [1.165, 1.54) is 12.1 Å². The second-order valence-electron chi connectivity index (χ2n) is 7.34. The maximum atomic E-state index is 12.3. The maximum absolute atomic E-state index is 12.3. The van der Waals surface area contributed by atoms with E-state index < -0.39 is 46.1 Å². The fourth-order valence-corrected chi connectivity index (χ4v) is 4.71. The lowest BCUT2D eigenvalue weighted by Gasteiger charge is -2.20. The van der Waals surface area contributed by atoms with E-state index in [0.717, 1.165) is 5.39 Å². The summed E-state index contributed by atoms with van der Waals surface area (Å²) >= 11 is 0. The monoisotopic (exact) mass is 444 g/mol. The molecule has 0 aliphatic carbocycles. The molecule has 0 saturated heterocycles. The molecule has 0 fully saturated rings. The van der Waals surface area contributed by atoms with Crippen LogP contribution in [0.5, 0.6) is 0 Å². The molecular weight excluding hydrogens is 428 g/mol. The minimum Gasteiger partial charge on any atom is -0.478 e. The van der Waals surface area contributed by atoms with Crippen LogP contribution in [0.3, 0.4) is 0 Å². The van der Waals surface area contributed by atoms with Gasteiger partial charge in [-0.05, 0) is 33.0 Å². The molecule has 8 heteroatoms. The number of hydrogen-bond acceptors (Lipinski definition) is 4. The minimum atomic E-state index is -1.77. The Morgan fingerprint density at radius 1 is 0.485 bits per heavy atom. The van der Waals surface area contributed by atoms with Crippen LogP contribution in [0, 0.1) is 0 Å². The topological polar surface area (TPSA) is 149 Å². The van der Waals surface area contributed by atoms with Crippen LogP contribution in [0.4, 0.5) is 0 Å². The van der Waals surface area contributed by atoms with Crippen molar-refractivity contribution in [1.29, 1.82) is 0 Å². The molecular formula is C25H16O8. The predicted octanol–water partition coefficient (Wildman–Crippen LogP) is 5.17. The van der Waals surface area contributed by atoms with Crippen molar-refractivity contribution in [3.05, 3.63) is 70.8 Å². The van der Waals surface area contributed by atoms with Gasteiger partial charge in [-0.1, -0.05) is 49.9 Å². The molecule has 5 aromatic rings. The molecule has 0 heterocycles. The highest BCUT2D eigenvalue weighted by molar-refractivity contribution is 6.40. The first-order chi connectivity index (χ1) is 15.2. The van der Waals surface area contributed by atoms with Crippen molar-refractivity contribution in [1.82, 2.24) is 0 Å². The second-order valence-corrected chi connectivity index (χ2v) is 7.34. The van der Waals surface area contributed by atoms with E-state index in [1.54, 1.807) is 24.3 Å². The zero-order valence-corrected chi connectivity index (χ0v) is 16.0. The van der Waals surface area contributed by atoms with E-state index in [2.05, 4.69) is 0 Å². The average Bonchev–Trinajstić information content (AvgIpc) is 2.75. The Bertz CT molecular complexity index is 1670. The number of hydrogen-bond donors (Lipinski definition) is 4. The van der Waals surface area contributed by atoms with Crippen molar-refractivity contribution in [2.24, 2.45) is 0 Å². The van der Waals surface area contributed by atoms with Crippen LogP contribution >= 0.6 is 0 Å². The first-order valence-electron chi connectivity index (χ1n) is 9.36. The van der Waals surface area contributed by atoms with Gasteiger partial charge in [0.1, 0.15) is 0 Å². The van der Waals surface area contributed by atoms with E-state index in [4.69, 9.17) is 0 Å². The third kappa shape index (κ3) is 2.71. The highest BCUT2D eigenvalue weighted by Gasteiger charge is 2.33. The number of carbonyl (C=O) groups is 4. The van der Waals surface area contributed by atoms with Crippen molar-refractivity contribution in [3.8, 4) is 0 Å². The van der Waals surface area contributed by atoms with Crippen molar-refractivity contribution < 1.29 is 39.6 Å². The van der Waals surface area contributed by atoms with E-state index in [0.29, 0.717) is 21.5 Å². The molecule has 0 aromatic heterocycles. The Labute approximate surface area is 185 Å². The van der Waals surface area contributed by atoms with Gasteiger partial charge in [0.15, 0.2) is 0 Å². The number of carboxylic acid groups (broad SMARTS) is 4. The van der Waals surface area contributed by atoms with Crippen molar-refractivity contribution >= 4 is 67.0 Å². The lowest BCUT2D eigenvalue weighted by atomic mass is 9.81. The molecule has 0 radical (unpaired) electrons. The van der Waals surface area contributed by atoms with Crippen LogP contribution < -0.4 is 0 Å². The summed E-state index contributed by atoms with van der Waals surface area (Å²) in [5.41, 5.74) is -2.93. The van der Waals surface area contributed by atoms with Gasteiger partial charge in [0.2, 0.25) is 0 Å². The Morgan fingerprint density at radius 2 is 1.00 bits per heavy atom. The minimum absolute atomic E-state index is 0. The van der Waals surface area contributed by atoms with Gasteiger partial charge in [-0.15, -0.1) is 0 Å². The van der Waals surface area contributed by atoms with Crippen LogP contribution in [0.25, 0.3) is 43.1 Å². The number of fused-ring (bicyclic) bond motifs is 2. The number of rotatable bonds is 4. The van der Waals surface area contributed by atoms with Gasteiger partial charge in [0.25, 0.3) is 0 Å². The van der Waals surface area contributed by atoms with E-state index in [9.17, 15) is 39.6 Å². The summed E-state index contributed by atoms with van der Waals surface area (Å²) in [5, 5.41) is 42.3. The van der Waals surface area contributed by atoms with E-state index in [1.807, 2.05) is 12.1 Å². The van der Waals surface area contributed by atoms with Gasteiger partial charge in [0, 0.05) is 16.2 Å². The average molecular weight is 444 g/mol. The summed E-state index contributed by atoms with van der Waals surface area (Å²) in [4.78, 5) is 48.7. The Balaban J connectivity index is 0.00000259. The van der Waals surface area contributed by atoms with Gasteiger partial charge in [0.05, 0.1) is 22.3 Å². The highest BCUT2D eigenvalue weighted by Crippen LogP contribution is 2.45. The normalized spacial score (nSPS) is 11.2. The van der Waals surface area contributed by atoms with Gasteiger partial charge < -0.3 is 20.4 Å². The fourth-order valence-electron chi connectivity index (χ4n) is 4.71. The Kier molecular flexibility index (Phi) is 4.67. The summed E-state index contributed by atoms with van der Waals surface area (Å²) in [6.45, 7) is 0. The zero-order chi connectivity index (χ0) is 22.9. The predicted molar refractivity (Wildman–Crippen MR) is 122 cm³/mol. The van der Waals surface area contributed by atoms with E-state index >= 15 is 0 Å². The molecule has 0 aliphatic rings. The standard InChI is InChI=1S/C24H12O8.CH4/c25-21(26)13-8-7-11-10-5-1-3-9-4-2-6-12(14(9)10)16-15(11)17(13)19(23(29)30)20(24(31)32)18(16)22(27)28;/h1-8H,(H,25,26)(H,27,28)(H,29,30)(H,31,32);1H4. The van der Waals surface area contributed by atoms with Crippen LogP contribution in [0.15, 0.2) is 48.5 Å². The first kappa shape index (κ1) is 21.5. The molecule has 0 aliphatic heterocycles. The van der Waals surface area contributed by atoms with Crippen molar-refractivity contribution in [3.63, 3.8) is 0 Å². The van der Waals surface area contributed by atoms with Gasteiger partial charge in [-0.25, -0.2) is 19.2 Å². The molecule has 0 saturated carbocycles. The van der Waals surface area contributed by atoms with Gasteiger partial charge in [-0.2, -0.15) is 0 Å². The number of benzene rings is 5. The maximum Gasteiger partial charge on any atom is 0.337 e. The lowest BCUT2D eigenvalue weighted by molar-refractivity contribution is 0.0635. The fraction of sp³-hybridized carbons (Fsp3) is 0.0400. The van der Waals surface area contributed by atoms with Crippen LogP contribution in [-0.2, 0) is 0 Å². The molecule has 5 rings (SSSR count). The summed E-state index contributed by atoms with van der Waals surface area (Å²) in [7, 11) is 0. The van der Waals surface area contributed by atoms with Gasteiger partial charge in [-0.3, -0.25) is 0 Å². The third-order valence-corrected chi connectivity index (χ3v) is 5.79. The van der Waals surface area contributed by atoms with Crippen LogP contribution in [-0.4, -0.2) is 44.3 Å². The summed E-state index contributed by atoms with van der Waals surface area (Å²) in [5.74, 6) is -6.58. The molecule has 5 aromatic carbocycles. The molecule has 8 nitrogen and oxygen atoms in total. The quantitative estimate of drug-likeness (QED) is 0.219. The highest BCUT2D eigenvalue weighted by atomic mass is 16.4. The van der Waals surface area contributed by atoms with Crippen LogP contribution in [0.1, 0.15) is 48.9 Å². The molecule has 0 bridgehead atoms. The number of aromatic carboxylic acids is 4. The Hall–Kier alpha value is -4.72. The van der Waals surface area contributed by atoms with Crippen molar-refractivity contribution in [2.45, 2.75) is 7.43 Å². The summed E-state index contributed by atoms with van der Waals surface area (Å²) < 4.78 is 0. The number of carboxylic acids is 4. The molecule has 0 unspecified atom stereocenters. The smallest absolute Gasteiger partial charge is 0.337 e. The first-order valence-corrected chi connectivity index (χ1v) is 9.36. The second kappa shape index (κ2) is 7.16. The largest absolute Gasteiger partial charge is 0.478 e. The third-order valence-electron chi connectivity index (χ3n) is 5.79. The molecule has 0 spiro atoms. The molecule has 164 valence electrons. The van der Waals surface area contributed by atoms with Crippen LogP contribution in [0.2, 0.25) is 0 Å². The summed E-state index contributed by atoms with van der Waals surface area (Å²) in [6, 6.07) is 13.2. The van der Waals surface area contributed by atoms with Gasteiger partial charge >= 0.3 is 23.9 Å². The molecule has 33 heavy (non-hydrogen) atoms. The molecule has 4 N–H and O–H groups in total. The summed E-state index contributed by atoms with van der Waals surface area (Å²) in [6.07, 6.45) is 0. The SMILES string of the molecule is C.O=C(O)c1c(C(=O)O)c2c(C(=O)O)ccc3c4cccc5cccc(c(c1C(=O)O)c23)c54. The molecule has 0 atom stereocenters. The van der Waals surface area contributed by atoms with E-state index in [-0.39, 0.29) is 23.6 Å². The molecule has 0 amide bonds. The Morgan fingerprint density at radius 3 is 1.55 bits per heavy atom.